The predicted molar refractivity (Wildman–Crippen MR) is 116 cm³/mol. The topological polar surface area (TPSA) is 60.5 Å². The first kappa shape index (κ1) is 18.9. The van der Waals surface area contributed by atoms with E-state index < -0.39 is 5.41 Å². The van der Waals surface area contributed by atoms with Gasteiger partial charge in [0.1, 0.15) is 5.82 Å². The maximum Gasteiger partial charge on any atom is 0.236 e. The van der Waals surface area contributed by atoms with E-state index >= 15 is 0 Å². The van der Waals surface area contributed by atoms with Crippen LogP contribution in [0.5, 0.6) is 11.5 Å². The van der Waals surface area contributed by atoms with Crippen molar-refractivity contribution in [2.24, 2.45) is 0 Å². The van der Waals surface area contributed by atoms with Gasteiger partial charge in [0, 0.05) is 16.8 Å². The number of rotatable bonds is 4. The molecular formula is C24H21ClN2O3. The van der Waals surface area contributed by atoms with Gasteiger partial charge in [-0.1, -0.05) is 29.8 Å². The molecule has 1 aromatic heterocycles. The van der Waals surface area contributed by atoms with Crippen molar-refractivity contribution in [1.29, 1.82) is 0 Å². The van der Waals surface area contributed by atoms with Crippen LogP contribution in [0.3, 0.4) is 0 Å². The van der Waals surface area contributed by atoms with Crippen molar-refractivity contribution in [1.82, 2.24) is 4.98 Å². The second-order valence-electron chi connectivity index (χ2n) is 7.89. The van der Waals surface area contributed by atoms with Gasteiger partial charge >= 0.3 is 0 Å². The van der Waals surface area contributed by atoms with Crippen LogP contribution in [0.2, 0.25) is 5.02 Å². The number of hydrogen-bond acceptors (Lipinski definition) is 4. The van der Waals surface area contributed by atoms with Gasteiger partial charge in [0.05, 0.1) is 5.41 Å². The van der Waals surface area contributed by atoms with E-state index in [9.17, 15) is 4.79 Å². The summed E-state index contributed by atoms with van der Waals surface area (Å²) in [4.78, 5) is 17.8. The van der Waals surface area contributed by atoms with Gasteiger partial charge in [-0.15, -0.1) is 0 Å². The van der Waals surface area contributed by atoms with E-state index in [1.165, 1.54) is 0 Å². The van der Waals surface area contributed by atoms with E-state index in [1.54, 1.807) is 6.20 Å². The molecule has 1 saturated carbocycles. The Hall–Kier alpha value is -3.05. The maximum absolute atomic E-state index is 13.2. The number of hydrogen-bond donors (Lipinski definition) is 1. The number of carbonyl (C=O) groups is 1. The monoisotopic (exact) mass is 420 g/mol. The summed E-state index contributed by atoms with van der Waals surface area (Å²) >= 11 is 6.14. The highest BCUT2D eigenvalue weighted by atomic mass is 35.5. The quantitative estimate of drug-likeness (QED) is 0.612. The summed E-state index contributed by atoms with van der Waals surface area (Å²) in [6, 6.07) is 13.4. The molecule has 0 saturated heterocycles. The molecule has 1 aliphatic heterocycles. The average Bonchev–Trinajstić information content (AvgIpc) is 3.42. The van der Waals surface area contributed by atoms with Gasteiger partial charge in [-0.25, -0.2) is 4.98 Å². The summed E-state index contributed by atoms with van der Waals surface area (Å²) < 4.78 is 10.9. The first-order valence-corrected chi connectivity index (χ1v) is 10.3. The molecule has 0 bridgehead atoms. The SMILES string of the molecule is Cc1c(-c2cccc(Cl)c2)cnc(NC(=O)C2(c3ccc4c(c3)OCO4)CC2)c1C. The number of nitrogens with zero attached hydrogens (tertiary/aromatic N) is 1. The second kappa shape index (κ2) is 7.03. The minimum Gasteiger partial charge on any atom is -0.454 e. The van der Waals surface area contributed by atoms with Crippen LogP contribution in [0.15, 0.2) is 48.7 Å². The molecule has 3 aromatic rings. The zero-order valence-electron chi connectivity index (χ0n) is 16.8. The van der Waals surface area contributed by atoms with Gasteiger partial charge in [0.25, 0.3) is 0 Å². The number of ether oxygens (including phenoxy) is 2. The normalized spacial score (nSPS) is 15.7. The lowest BCUT2D eigenvalue weighted by molar-refractivity contribution is -0.118. The van der Waals surface area contributed by atoms with Crippen LogP contribution in [-0.2, 0) is 10.2 Å². The highest BCUT2D eigenvalue weighted by molar-refractivity contribution is 6.30. The van der Waals surface area contributed by atoms with Gasteiger partial charge in [0.2, 0.25) is 12.7 Å². The molecule has 5 rings (SSSR count). The summed E-state index contributed by atoms with van der Waals surface area (Å²) in [5.41, 5.74) is 4.44. The van der Waals surface area contributed by atoms with Crippen LogP contribution in [0.1, 0.15) is 29.5 Å². The molecule has 2 aromatic carbocycles. The van der Waals surface area contributed by atoms with E-state index in [2.05, 4.69) is 10.3 Å². The predicted octanol–water partition coefficient (Wildman–Crippen LogP) is 5.42. The number of aromatic nitrogens is 1. The Labute approximate surface area is 180 Å². The molecule has 30 heavy (non-hydrogen) atoms. The van der Waals surface area contributed by atoms with E-state index in [0.717, 1.165) is 46.4 Å². The van der Waals surface area contributed by atoms with E-state index in [1.807, 2.05) is 56.3 Å². The van der Waals surface area contributed by atoms with Crippen molar-refractivity contribution in [2.45, 2.75) is 32.1 Å². The first-order valence-electron chi connectivity index (χ1n) is 9.92. The first-order chi connectivity index (χ1) is 14.5. The Morgan fingerprint density at radius 2 is 1.87 bits per heavy atom. The Balaban J connectivity index is 1.42. The van der Waals surface area contributed by atoms with Gasteiger partial charge in [-0.2, -0.15) is 0 Å². The molecule has 1 amide bonds. The van der Waals surface area contributed by atoms with Crippen LogP contribution in [0.4, 0.5) is 5.82 Å². The molecule has 0 unspecified atom stereocenters. The fourth-order valence-corrected chi connectivity index (χ4v) is 4.16. The number of pyridine rings is 1. The van der Waals surface area contributed by atoms with Crippen molar-refractivity contribution in [3.63, 3.8) is 0 Å². The zero-order chi connectivity index (χ0) is 20.9. The van der Waals surface area contributed by atoms with Crippen molar-refractivity contribution in [3.05, 3.63) is 70.4 Å². The lowest BCUT2D eigenvalue weighted by Crippen LogP contribution is -2.28. The van der Waals surface area contributed by atoms with Crippen LogP contribution < -0.4 is 14.8 Å². The van der Waals surface area contributed by atoms with Gasteiger partial charge in [-0.3, -0.25) is 4.79 Å². The summed E-state index contributed by atoms with van der Waals surface area (Å²) in [5, 5.41) is 3.74. The van der Waals surface area contributed by atoms with E-state index in [0.29, 0.717) is 16.6 Å². The van der Waals surface area contributed by atoms with Gasteiger partial charge in [0.15, 0.2) is 11.5 Å². The van der Waals surface area contributed by atoms with Crippen molar-refractivity contribution >= 4 is 23.3 Å². The minimum absolute atomic E-state index is 0.0353. The fraction of sp³-hybridized carbons (Fsp3) is 0.250. The number of nitrogens with one attached hydrogen (secondary N) is 1. The van der Waals surface area contributed by atoms with E-state index in [4.69, 9.17) is 21.1 Å². The third-order valence-corrected chi connectivity index (χ3v) is 6.36. The van der Waals surface area contributed by atoms with E-state index in [-0.39, 0.29) is 12.7 Å². The molecule has 0 atom stereocenters. The van der Waals surface area contributed by atoms with Crippen LogP contribution in [-0.4, -0.2) is 17.7 Å². The molecule has 0 radical (unpaired) electrons. The van der Waals surface area contributed by atoms with Gasteiger partial charge in [-0.05, 0) is 73.2 Å². The summed E-state index contributed by atoms with van der Waals surface area (Å²) in [7, 11) is 0. The molecule has 0 spiro atoms. The lowest BCUT2D eigenvalue weighted by atomic mass is 9.94. The highest BCUT2D eigenvalue weighted by Gasteiger charge is 2.52. The smallest absolute Gasteiger partial charge is 0.236 e. The fourth-order valence-electron chi connectivity index (χ4n) is 3.97. The largest absolute Gasteiger partial charge is 0.454 e. The molecule has 6 heteroatoms. The number of halogens is 1. The summed E-state index contributed by atoms with van der Waals surface area (Å²) in [6.45, 7) is 4.24. The molecule has 1 aliphatic carbocycles. The maximum atomic E-state index is 13.2. The number of anilines is 1. The molecule has 2 heterocycles. The third kappa shape index (κ3) is 3.10. The highest BCUT2D eigenvalue weighted by Crippen LogP contribution is 2.51. The molecule has 152 valence electrons. The van der Waals surface area contributed by atoms with Crippen molar-refractivity contribution < 1.29 is 14.3 Å². The number of benzene rings is 2. The third-order valence-electron chi connectivity index (χ3n) is 6.12. The van der Waals surface area contributed by atoms with Crippen LogP contribution >= 0.6 is 11.6 Å². The summed E-state index contributed by atoms with van der Waals surface area (Å²) in [6.07, 6.45) is 3.40. The van der Waals surface area contributed by atoms with Gasteiger partial charge < -0.3 is 14.8 Å². The minimum atomic E-state index is -0.533. The standard InChI is InChI=1S/C24H21ClN2O3/c1-14-15(2)22(26-12-19(14)16-4-3-5-18(25)10-16)27-23(28)24(8-9-24)17-6-7-20-21(11-17)30-13-29-20/h3-7,10-12H,8-9,13H2,1-2H3,(H,26,27,28). The number of fused-ring (bicyclic) bond motifs is 1. The van der Waals surface area contributed by atoms with Crippen LogP contribution in [0, 0.1) is 13.8 Å². The molecular weight excluding hydrogens is 400 g/mol. The number of amides is 1. The molecule has 2 aliphatic rings. The number of carbonyl (C=O) groups excluding carboxylic acids is 1. The Kier molecular flexibility index (Phi) is 4.44. The average molecular weight is 421 g/mol. The Morgan fingerprint density at radius 3 is 2.63 bits per heavy atom. The Bertz CT molecular complexity index is 1170. The lowest BCUT2D eigenvalue weighted by Gasteiger charge is -2.18. The van der Waals surface area contributed by atoms with Crippen molar-refractivity contribution in [2.75, 3.05) is 12.1 Å². The molecule has 5 nitrogen and oxygen atoms in total. The molecule has 1 N–H and O–H groups in total. The second-order valence-corrected chi connectivity index (χ2v) is 8.32. The summed E-state index contributed by atoms with van der Waals surface area (Å²) in [5.74, 6) is 1.98. The van der Waals surface area contributed by atoms with Crippen LogP contribution in [0.25, 0.3) is 11.1 Å². The Morgan fingerprint density at radius 1 is 1.07 bits per heavy atom. The van der Waals surface area contributed by atoms with Crippen molar-refractivity contribution in [3.8, 4) is 22.6 Å². The zero-order valence-corrected chi connectivity index (χ0v) is 17.5. The molecule has 1 fully saturated rings.